The zero-order valence-electron chi connectivity index (χ0n) is 12.1. The van der Waals surface area contributed by atoms with Crippen molar-refractivity contribution in [1.82, 2.24) is 0 Å². The van der Waals surface area contributed by atoms with Crippen LogP contribution in [0.2, 0.25) is 0 Å². The molecule has 1 aliphatic heterocycles. The van der Waals surface area contributed by atoms with Gasteiger partial charge in [0.1, 0.15) is 0 Å². The summed E-state index contributed by atoms with van der Waals surface area (Å²) in [4.78, 5) is 0. The number of fused-ring (bicyclic) bond motifs is 2. The topological polar surface area (TPSA) is 12.0 Å². The van der Waals surface area contributed by atoms with Crippen molar-refractivity contribution in [1.29, 1.82) is 0 Å². The van der Waals surface area contributed by atoms with E-state index in [2.05, 4.69) is 63.4 Å². The molecule has 0 saturated heterocycles. The molecule has 2 rings (SSSR count). The summed E-state index contributed by atoms with van der Waals surface area (Å²) in [5.74, 6) is 0.734. The zero-order valence-corrected chi connectivity index (χ0v) is 12.1. The molecular weight excluding hydrogens is 218 g/mol. The highest BCUT2D eigenvalue weighted by atomic mass is 15.0. The van der Waals surface area contributed by atoms with E-state index < -0.39 is 0 Å². The van der Waals surface area contributed by atoms with Crippen LogP contribution in [0.15, 0.2) is 24.3 Å². The third kappa shape index (κ3) is 3.16. The molecular formula is C17H25N. The second-order valence-corrected chi connectivity index (χ2v) is 6.25. The molecule has 0 fully saturated rings. The number of hydrogen-bond acceptors (Lipinski definition) is 1. The minimum Gasteiger partial charge on any atom is -0.380 e. The molecule has 0 amide bonds. The number of allylic oxidation sites excluding steroid dienone is 1. The second-order valence-electron chi connectivity index (χ2n) is 6.25. The Morgan fingerprint density at radius 1 is 1.39 bits per heavy atom. The fourth-order valence-corrected chi connectivity index (χ4v) is 2.99. The third-order valence-corrected chi connectivity index (χ3v) is 3.57. The maximum absolute atomic E-state index is 3.72. The van der Waals surface area contributed by atoms with Crippen molar-refractivity contribution >= 4 is 11.8 Å². The molecule has 0 saturated carbocycles. The summed E-state index contributed by atoms with van der Waals surface area (Å²) in [5.41, 5.74) is 4.22. The van der Waals surface area contributed by atoms with Crippen LogP contribution >= 0.6 is 0 Å². The molecule has 1 atom stereocenters. The summed E-state index contributed by atoms with van der Waals surface area (Å²) in [6.45, 7) is 9.12. The van der Waals surface area contributed by atoms with Gasteiger partial charge < -0.3 is 5.32 Å². The number of rotatable bonds is 2. The van der Waals surface area contributed by atoms with Crippen LogP contribution in [0.4, 0.5) is 5.69 Å². The molecule has 0 spiro atoms. The lowest BCUT2D eigenvalue weighted by molar-refractivity contribution is 0.400. The molecule has 2 bridgehead atoms. The standard InChI is InChI=1S/C17H25N/c1-5-6-7-15-9-8-14-10-13(2)12-17(3,4)18-16(15)11-14/h6-9,11,13,18H,5,10,12H2,1-4H3/b7-6-. The average molecular weight is 243 g/mol. The van der Waals surface area contributed by atoms with Gasteiger partial charge in [-0.05, 0) is 56.2 Å². The van der Waals surface area contributed by atoms with Crippen molar-refractivity contribution in [3.05, 3.63) is 35.4 Å². The highest BCUT2D eigenvalue weighted by Gasteiger charge is 2.24. The summed E-state index contributed by atoms with van der Waals surface area (Å²) in [7, 11) is 0. The van der Waals surface area contributed by atoms with Gasteiger partial charge in [-0.3, -0.25) is 0 Å². The predicted octanol–water partition coefficient (Wildman–Crippen LogP) is 4.88. The molecule has 1 aliphatic rings. The van der Waals surface area contributed by atoms with Crippen LogP contribution in [-0.4, -0.2) is 5.54 Å². The second kappa shape index (κ2) is 5.17. The number of benzene rings is 1. The van der Waals surface area contributed by atoms with Gasteiger partial charge in [-0.2, -0.15) is 0 Å². The molecule has 18 heavy (non-hydrogen) atoms. The van der Waals surface area contributed by atoms with Gasteiger partial charge in [-0.25, -0.2) is 0 Å². The quantitative estimate of drug-likeness (QED) is 0.780. The summed E-state index contributed by atoms with van der Waals surface area (Å²) < 4.78 is 0. The monoisotopic (exact) mass is 243 g/mol. The van der Waals surface area contributed by atoms with Crippen molar-refractivity contribution in [3.63, 3.8) is 0 Å². The lowest BCUT2D eigenvalue weighted by atomic mass is 9.85. The first-order valence-corrected chi connectivity index (χ1v) is 7.08. The van der Waals surface area contributed by atoms with Gasteiger partial charge in [0.2, 0.25) is 0 Å². The Bertz CT molecular complexity index is 443. The average Bonchev–Trinajstić information content (AvgIpc) is 2.25. The maximum Gasteiger partial charge on any atom is 0.0420 e. The number of hydrogen-bond donors (Lipinski definition) is 1. The van der Waals surface area contributed by atoms with E-state index in [0.29, 0.717) is 0 Å². The van der Waals surface area contributed by atoms with Crippen molar-refractivity contribution in [3.8, 4) is 0 Å². The molecule has 1 aromatic rings. The minimum absolute atomic E-state index is 0.174. The highest BCUT2D eigenvalue weighted by molar-refractivity contribution is 5.68. The van der Waals surface area contributed by atoms with Crippen LogP contribution in [0.1, 0.15) is 51.7 Å². The van der Waals surface area contributed by atoms with Crippen LogP contribution in [-0.2, 0) is 6.42 Å². The Morgan fingerprint density at radius 3 is 2.89 bits per heavy atom. The Balaban J connectivity index is 2.38. The van der Waals surface area contributed by atoms with Gasteiger partial charge in [0.25, 0.3) is 0 Å². The van der Waals surface area contributed by atoms with Gasteiger partial charge in [-0.15, -0.1) is 0 Å². The zero-order chi connectivity index (χ0) is 13.2. The molecule has 98 valence electrons. The number of anilines is 1. The van der Waals surface area contributed by atoms with Crippen LogP contribution in [0.3, 0.4) is 0 Å². The molecule has 1 N–H and O–H groups in total. The van der Waals surface area contributed by atoms with Crippen LogP contribution < -0.4 is 5.32 Å². The van der Waals surface area contributed by atoms with Crippen molar-refractivity contribution in [2.45, 2.75) is 52.5 Å². The van der Waals surface area contributed by atoms with Gasteiger partial charge in [0.05, 0.1) is 0 Å². The summed E-state index contributed by atoms with van der Waals surface area (Å²) in [5, 5.41) is 3.72. The lowest BCUT2D eigenvalue weighted by Crippen LogP contribution is -2.34. The van der Waals surface area contributed by atoms with Crippen LogP contribution in [0.5, 0.6) is 0 Å². The van der Waals surface area contributed by atoms with Gasteiger partial charge >= 0.3 is 0 Å². The van der Waals surface area contributed by atoms with E-state index >= 15 is 0 Å². The first kappa shape index (κ1) is 13.2. The van der Waals surface area contributed by atoms with Crippen LogP contribution in [0.25, 0.3) is 6.08 Å². The summed E-state index contributed by atoms with van der Waals surface area (Å²) >= 11 is 0. The van der Waals surface area contributed by atoms with Crippen LogP contribution in [0, 0.1) is 5.92 Å². The van der Waals surface area contributed by atoms with E-state index in [4.69, 9.17) is 0 Å². The van der Waals surface area contributed by atoms with Gasteiger partial charge in [0, 0.05) is 11.2 Å². The summed E-state index contributed by atoms with van der Waals surface area (Å²) in [6.07, 6.45) is 7.94. The fourth-order valence-electron chi connectivity index (χ4n) is 2.99. The largest absolute Gasteiger partial charge is 0.380 e. The third-order valence-electron chi connectivity index (χ3n) is 3.57. The minimum atomic E-state index is 0.174. The SMILES string of the molecule is CC/C=C\c1ccc2cc1NC(C)(C)CC(C)C2. The molecule has 1 nitrogen and oxygen atoms in total. The van der Waals surface area contributed by atoms with Crippen molar-refractivity contribution in [2.24, 2.45) is 5.92 Å². The van der Waals surface area contributed by atoms with E-state index in [0.717, 1.165) is 12.3 Å². The van der Waals surface area contributed by atoms with E-state index in [9.17, 15) is 0 Å². The molecule has 1 aromatic carbocycles. The van der Waals surface area contributed by atoms with E-state index in [1.54, 1.807) is 0 Å². The number of nitrogens with one attached hydrogen (secondary N) is 1. The Hall–Kier alpha value is -1.24. The Kier molecular flexibility index (Phi) is 3.79. The van der Waals surface area contributed by atoms with E-state index in [-0.39, 0.29) is 5.54 Å². The Labute approximate surface area is 111 Å². The predicted molar refractivity (Wildman–Crippen MR) is 81.0 cm³/mol. The normalized spacial score (nSPS) is 22.3. The first-order chi connectivity index (χ1) is 8.50. The van der Waals surface area contributed by atoms with E-state index in [1.807, 2.05) is 0 Å². The smallest absolute Gasteiger partial charge is 0.0420 e. The molecule has 0 aliphatic carbocycles. The van der Waals surface area contributed by atoms with E-state index in [1.165, 1.54) is 29.7 Å². The van der Waals surface area contributed by atoms with Gasteiger partial charge in [0.15, 0.2) is 0 Å². The molecule has 1 heterocycles. The summed E-state index contributed by atoms with van der Waals surface area (Å²) in [6, 6.07) is 6.85. The lowest BCUT2D eigenvalue weighted by Gasteiger charge is -2.33. The van der Waals surface area contributed by atoms with Gasteiger partial charge in [-0.1, -0.05) is 38.1 Å². The molecule has 1 unspecified atom stereocenters. The van der Waals surface area contributed by atoms with Crippen molar-refractivity contribution in [2.75, 3.05) is 5.32 Å². The first-order valence-electron chi connectivity index (χ1n) is 7.08. The highest BCUT2D eigenvalue weighted by Crippen LogP contribution is 2.31. The fraction of sp³-hybridized carbons (Fsp3) is 0.529. The molecule has 1 heteroatoms. The Morgan fingerprint density at radius 2 is 2.17 bits per heavy atom. The maximum atomic E-state index is 3.72. The molecule has 0 radical (unpaired) electrons. The molecule has 0 aromatic heterocycles. The van der Waals surface area contributed by atoms with Crippen molar-refractivity contribution < 1.29 is 0 Å².